The molecular formula is C23H32F2. The highest BCUT2D eigenvalue weighted by atomic mass is 19.2. The van der Waals surface area contributed by atoms with Gasteiger partial charge in [-0.25, -0.2) is 8.78 Å². The quantitative estimate of drug-likeness (QED) is 0.477. The van der Waals surface area contributed by atoms with Gasteiger partial charge in [0.2, 0.25) is 0 Å². The Kier molecular flexibility index (Phi) is 6.67. The van der Waals surface area contributed by atoms with Crippen molar-refractivity contribution >= 4 is 0 Å². The molecule has 1 unspecified atom stereocenters. The summed E-state index contributed by atoms with van der Waals surface area (Å²) in [5.74, 6) is 1.32. The molecule has 0 radical (unpaired) electrons. The Balaban J connectivity index is 1.38. The van der Waals surface area contributed by atoms with E-state index in [0.29, 0.717) is 0 Å². The predicted molar refractivity (Wildman–Crippen MR) is 100 cm³/mol. The first-order chi connectivity index (χ1) is 12.1. The Hall–Kier alpha value is -1.18. The minimum absolute atomic E-state index is 0.729. The largest absolute Gasteiger partial charge is 0.204 e. The second-order valence-electron chi connectivity index (χ2n) is 8.45. The standard InChI is InChI=1S/C23H32F2/c1-17-2-4-18(5-3-17)6-7-19-8-10-20(11-9-19)12-13-21-14-15-22(24)23(25)16-21/h10,14-19H,2-9,11-13H2,1H3. The molecule has 1 fully saturated rings. The third-order valence-electron chi connectivity index (χ3n) is 6.45. The molecule has 2 aliphatic rings. The van der Waals surface area contributed by atoms with Crippen LogP contribution in [0.4, 0.5) is 8.78 Å². The minimum Gasteiger partial charge on any atom is -0.204 e. The van der Waals surface area contributed by atoms with Crippen molar-refractivity contribution in [2.75, 3.05) is 0 Å². The molecule has 2 heteroatoms. The van der Waals surface area contributed by atoms with Gasteiger partial charge in [0.25, 0.3) is 0 Å². The maximum absolute atomic E-state index is 13.3. The van der Waals surface area contributed by atoms with Crippen molar-refractivity contribution in [3.63, 3.8) is 0 Å². The molecule has 2 aliphatic carbocycles. The molecule has 0 saturated heterocycles. The summed E-state index contributed by atoms with van der Waals surface area (Å²) in [7, 11) is 0. The highest BCUT2D eigenvalue weighted by Gasteiger charge is 2.20. The van der Waals surface area contributed by atoms with Gasteiger partial charge in [-0.1, -0.05) is 56.7 Å². The van der Waals surface area contributed by atoms with Gasteiger partial charge >= 0.3 is 0 Å². The molecule has 0 heterocycles. The van der Waals surface area contributed by atoms with Crippen LogP contribution in [0.5, 0.6) is 0 Å². The van der Waals surface area contributed by atoms with Crippen molar-refractivity contribution in [2.45, 2.75) is 77.6 Å². The third kappa shape index (κ3) is 5.66. The van der Waals surface area contributed by atoms with E-state index >= 15 is 0 Å². The fourth-order valence-electron chi connectivity index (χ4n) is 4.52. The summed E-state index contributed by atoms with van der Waals surface area (Å²) in [6.45, 7) is 2.39. The summed E-state index contributed by atoms with van der Waals surface area (Å²) >= 11 is 0. The second kappa shape index (κ2) is 8.96. The monoisotopic (exact) mass is 346 g/mol. The molecule has 0 bridgehead atoms. The fraction of sp³-hybridized carbons (Fsp3) is 0.652. The van der Waals surface area contributed by atoms with Crippen LogP contribution in [0.25, 0.3) is 0 Å². The molecule has 0 amide bonds. The van der Waals surface area contributed by atoms with E-state index in [1.54, 1.807) is 6.07 Å². The van der Waals surface area contributed by atoms with Crippen LogP contribution in [0, 0.1) is 29.4 Å². The molecule has 0 aromatic heterocycles. The lowest BCUT2D eigenvalue weighted by Gasteiger charge is -2.28. The van der Waals surface area contributed by atoms with E-state index in [4.69, 9.17) is 0 Å². The average molecular weight is 347 g/mol. The van der Waals surface area contributed by atoms with Crippen LogP contribution in [-0.2, 0) is 6.42 Å². The molecule has 0 nitrogen and oxygen atoms in total. The summed E-state index contributed by atoms with van der Waals surface area (Å²) in [5.41, 5.74) is 2.40. The zero-order chi connectivity index (χ0) is 17.6. The molecule has 25 heavy (non-hydrogen) atoms. The summed E-state index contributed by atoms with van der Waals surface area (Å²) in [4.78, 5) is 0. The number of benzene rings is 1. The van der Waals surface area contributed by atoms with Gasteiger partial charge in [0, 0.05) is 0 Å². The molecule has 0 spiro atoms. The van der Waals surface area contributed by atoms with E-state index in [-0.39, 0.29) is 0 Å². The number of aryl methyl sites for hydroxylation is 1. The van der Waals surface area contributed by atoms with Crippen LogP contribution in [0.2, 0.25) is 0 Å². The lowest BCUT2D eigenvalue weighted by atomic mass is 9.78. The number of allylic oxidation sites excluding steroid dienone is 2. The molecule has 0 N–H and O–H groups in total. The van der Waals surface area contributed by atoms with Gasteiger partial charge in [-0.3, -0.25) is 0 Å². The van der Waals surface area contributed by atoms with Crippen molar-refractivity contribution in [1.82, 2.24) is 0 Å². The zero-order valence-electron chi connectivity index (χ0n) is 15.6. The van der Waals surface area contributed by atoms with Gasteiger partial charge in [-0.05, 0) is 74.0 Å². The van der Waals surface area contributed by atoms with Crippen molar-refractivity contribution < 1.29 is 8.78 Å². The molecule has 0 aliphatic heterocycles. The molecule has 1 aromatic rings. The first-order valence-electron chi connectivity index (χ1n) is 10.2. The summed E-state index contributed by atoms with van der Waals surface area (Å²) < 4.78 is 26.2. The van der Waals surface area contributed by atoms with Crippen LogP contribution in [0.3, 0.4) is 0 Å². The topological polar surface area (TPSA) is 0 Å². The van der Waals surface area contributed by atoms with Gasteiger partial charge in [0.1, 0.15) is 0 Å². The van der Waals surface area contributed by atoms with Crippen LogP contribution >= 0.6 is 0 Å². The zero-order valence-corrected chi connectivity index (χ0v) is 15.6. The first-order valence-corrected chi connectivity index (χ1v) is 10.2. The van der Waals surface area contributed by atoms with Gasteiger partial charge in [0.05, 0.1) is 0 Å². The van der Waals surface area contributed by atoms with E-state index < -0.39 is 11.6 Å². The normalized spacial score (nSPS) is 27.2. The van der Waals surface area contributed by atoms with Crippen molar-refractivity contribution in [2.24, 2.45) is 17.8 Å². The Bertz CT molecular complexity index is 582. The van der Waals surface area contributed by atoms with Crippen LogP contribution in [0.15, 0.2) is 29.8 Å². The first kappa shape index (κ1) is 18.6. The third-order valence-corrected chi connectivity index (χ3v) is 6.45. The van der Waals surface area contributed by atoms with Crippen LogP contribution < -0.4 is 0 Å². The van der Waals surface area contributed by atoms with Gasteiger partial charge < -0.3 is 0 Å². The smallest absolute Gasteiger partial charge is 0.159 e. The molecular weight excluding hydrogens is 314 g/mol. The molecule has 1 atom stereocenters. The lowest BCUT2D eigenvalue weighted by Crippen LogP contribution is -2.14. The van der Waals surface area contributed by atoms with Gasteiger partial charge in [-0.15, -0.1) is 0 Å². The molecule has 1 aromatic carbocycles. The van der Waals surface area contributed by atoms with Crippen LogP contribution in [0.1, 0.15) is 76.7 Å². The number of halogens is 2. The van der Waals surface area contributed by atoms with E-state index in [0.717, 1.165) is 36.2 Å². The Morgan fingerprint density at radius 3 is 2.32 bits per heavy atom. The highest BCUT2D eigenvalue weighted by molar-refractivity contribution is 5.19. The number of hydrogen-bond acceptors (Lipinski definition) is 0. The van der Waals surface area contributed by atoms with Crippen LogP contribution in [-0.4, -0.2) is 0 Å². The highest BCUT2D eigenvalue weighted by Crippen LogP contribution is 2.35. The fourth-order valence-corrected chi connectivity index (χ4v) is 4.52. The average Bonchev–Trinajstić information content (AvgIpc) is 2.63. The predicted octanol–water partition coefficient (Wildman–Crippen LogP) is 7.23. The van der Waals surface area contributed by atoms with Crippen molar-refractivity contribution in [3.8, 4) is 0 Å². The summed E-state index contributed by atoms with van der Waals surface area (Å²) in [6, 6.07) is 4.28. The molecule has 3 rings (SSSR count). The second-order valence-corrected chi connectivity index (χ2v) is 8.45. The molecule has 138 valence electrons. The van der Waals surface area contributed by atoms with E-state index in [9.17, 15) is 8.78 Å². The SMILES string of the molecule is CC1CCC(CCC2CC=C(CCc3ccc(F)c(F)c3)CC2)CC1. The van der Waals surface area contributed by atoms with E-state index in [1.165, 1.54) is 75.5 Å². The van der Waals surface area contributed by atoms with E-state index in [1.807, 2.05) is 0 Å². The Morgan fingerprint density at radius 2 is 1.64 bits per heavy atom. The minimum atomic E-state index is -0.754. The molecule has 1 saturated carbocycles. The van der Waals surface area contributed by atoms with E-state index in [2.05, 4.69) is 13.0 Å². The summed E-state index contributed by atoms with van der Waals surface area (Å²) in [5, 5.41) is 0. The lowest BCUT2D eigenvalue weighted by molar-refractivity contribution is 0.256. The Labute approximate surface area is 151 Å². The Morgan fingerprint density at radius 1 is 0.880 bits per heavy atom. The maximum Gasteiger partial charge on any atom is 0.159 e. The van der Waals surface area contributed by atoms with Crippen molar-refractivity contribution in [1.29, 1.82) is 0 Å². The number of hydrogen-bond donors (Lipinski definition) is 0. The maximum atomic E-state index is 13.3. The van der Waals surface area contributed by atoms with Crippen molar-refractivity contribution in [3.05, 3.63) is 47.0 Å². The van der Waals surface area contributed by atoms with Gasteiger partial charge in [0.15, 0.2) is 11.6 Å². The summed E-state index contributed by atoms with van der Waals surface area (Å²) in [6.07, 6.45) is 16.5. The number of rotatable bonds is 6. The van der Waals surface area contributed by atoms with Gasteiger partial charge in [-0.2, -0.15) is 0 Å².